The Bertz CT molecular complexity index is 350. The summed E-state index contributed by atoms with van der Waals surface area (Å²) in [6.45, 7) is 2.87. The first-order valence-corrected chi connectivity index (χ1v) is 5.99. The summed E-state index contributed by atoms with van der Waals surface area (Å²) in [5.41, 5.74) is 1.07. The number of nitrogens with zero attached hydrogens (tertiary/aromatic N) is 2. The first-order chi connectivity index (χ1) is 7.85. The van der Waals surface area contributed by atoms with Gasteiger partial charge in [-0.05, 0) is 18.8 Å². The zero-order chi connectivity index (χ0) is 11.4. The third kappa shape index (κ3) is 2.62. The highest BCUT2D eigenvalue weighted by Crippen LogP contribution is 2.32. The van der Waals surface area contributed by atoms with Gasteiger partial charge >= 0.3 is 0 Å². The summed E-state index contributed by atoms with van der Waals surface area (Å²) in [6, 6.07) is 0. The molecule has 1 aliphatic carbocycles. The Labute approximate surface area is 96.4 Å². The molecule has 1 aromatic rings. The smallest absolute Gasteiger partial charge is 0.221 e. The van der Waals surface area contributed by atoms with Crippen LogP contribution < -0.4 is 10.1 Å². The molecule has 1 aromatic heterocycles. The van der Waals surface area contributed by atoms with Crippen molar-refractivity contribution in [2.45, 2.75) is 32.6 Å². The zero-order valence-corrected chi connectivity index (χ0v) is 9.99. The third-order valence-electron chi connectivity index (χ3n) is 2.96. The van der Waals surface area contributed by atoms with E-state index < -0.39 is 0 Å². The van der Waals surface area contributed by atoms with Gasteiger partial charge in [-0.25, -0.2) is 9.97 Å². The molecular weight excluding hydrogens is 202 g/mol. The second-order valence-corrected chi connectivity index (χ2v) is 4.19. The second-order valence-electron chi connectivity index (χ2n) is 4.19. The van der Waals surface area contributed by atoms with Gasteiger partial charge in [-0.1, -0.05) is 19.8 Å². The molecule has 1 fully saturated rings. The molecular formula is C12H19N3O. The lowest BCUT2D eigenvalue weighted by Gasteiger charge is -2.11. The number of aromatic nitrogens is 2. The predicted molar refractivity (Wildman–Crippen MR) is 63.8 cm³/mol. The molecule has 1 heterocycles. The summed E-state index contributed by atoms with van der Waals surface area (Å²) in [4.78, 5) is 8.38. The molecule has 16 heavy (non-hydrogen) atoms. The molecule has 1 N–H and O–H groups in total. The van der Waals surface area contributed by atoms with Gasteiger partial charge in [0.25, 0.3) is 0 Å². The van der Waals surface area contributed by atoms with Gasteiger partial charge in [0.2, 0.25) is 5.88 Å². The summed E-state index contributed by atoms with van der Waals surface area (Å²) >= 11 is 0. The highest BCUT2D eigenvalue weighted by Gasteiger charge is 2.21. The van der Waals surface area contributed by atoms with E-state index in [0.717, 1.165) is 42.6 Å². The lowest BCUT2D eigenvalue weighted by molar-refractivity contribution is 0.288. The number of nitrogens with one attached hydrogen (secondary N) is 1. The maximum absolute atomic E-state index is 5.73. The normalized spacial score (nSPS) is 14.9. The van der Waals surface area contributed by atoms with Crippen molar-refractivity contribution in [1.82, 2.24) is 9.97 Å². The van der Waals surface area contributed by atoms with E-state index in [0.29, 0.717) is 0 Å². The molecule has 0 saturated heterocycles. The van der Waals surface area contributed by atoms with Crippen LogP contribution >= 0.6 is 0 Å². The molecule has 2 rings (SSSR count). The largest absolute Gasteiger partial charge is 0.477 e. The van der Waals surface area contributed by atoms with Crippen molar-refractivity contribution >= 4 is 5.82 Å². The predicted octanol–water partition coefficient (Wildman–Crippen LogP) is 2.26. The molecule has 0 bridgehead atoms. The van der Waals surface area contributed by atoms with Gasteiger partial charge in [0.05, 0.1) is 12.2 Å². The van der Waals surface area contributed by atoms with Crippen LogP contribution in [0.1, 0.15) is 31.7 Å². The van der Waals surface area contributed by atoms with E-state index in [1.807, 2.05) is 7.05 Å². The van der Waals surface area contributed by atoms with Gasteiger partial charge in [-0.15, -0.1) is 0 Å². The number of rotatable bonds is 6. The van der Waals surface area contributed by atoms with E-state index in [1.165, 1.54) is 12.8 Å². The fourth-order valence-corrected chi connectivity index (χ4v) is 1.78. The molecule has 0 aromatic carbocycles. The SMILES string of the molecule is CCc1c(NC)ncnc1OCCC1CC1. The first-order valence-electron chi connectivity index (χ1n) is 5.99. The van der Waals surface area contributed by atoms with Gasteiger partial charge in [-0.2, -0.15) is 0 Å². The van der Waals surface area contributed by atoms with E-state index in [1.54, 1.807) is 6.33 Å². The summed E-state index contributed by atoms with van der Waals surface area (Å²) in [5.74, 6) is 2.51. The Morgan fingerprint density at radius 2 is 2.25 bits per heavy atom. The van der Waals surface area contributed by atoms with Crippen molar-refractivity contribution < 1.29 is 4.74 Å². The van der Waals surface area contributed by atoms with E-state index in [4.69, 9.17) is 4.74 Å². The Morgan fingerprint density at radius 3 is 2.88 bits per heavy atom. The van der Waals surface area contributed by atoms with Crippen molar-refractivity contribution in [3.63, 3.8) is 0 Å². The number of hydrogen-bond acceptors (Lipinski definition) is 4. The van der Waals surface area contributed by atoms with Gasteiger partial charge in [0.15, 0.2) is 0 Å². The van der Waals surface area contributed by atoms with Crippen molar-refractivity contribution in [1.29, 1.82) is 0 Å². The van der Waals surface area contributed by atoms with Crippen LogP contribution in [0.4, 0.5) is 5.82 Å². The number of ether oxygens (including phenoxy) is 1. The average molecular weight is 221 g/mol. The van der Waals surface area contributed by atoms with Crippen LogP contribution in [0.3, 0.4) is 0 Å². The van der Waals surface area contributed by atoms with Crippen LogP contribution in [0, 0.1) is 5.92 Å². The van der Waals surface area contributed by atoms with Crippen LogP contribution in [0.25, 0.3) is 0 Å². The van der Waals surface area contributed by atoms with E-state index in [-0.39, 0.29) is 0 Å². The molecule has 4 nitrogen and oxygen atoms in total. The molecule has 1 saturated carbocycles. The van der Waals surface area contributed by atoms with E-state index >= 15 is 0 Å². The monoisotopic (exact) mass is 221 g/mol. The Balaban J connectivity index is 1.99. The zero-order valence-electron chi connectivity index (χ0n) is 9.99. The Hall–Kier alpha value is -1.32. The molecule has 0 radical (unpaired) electrons. The minimum Gasteiger partial charge on any atom is -0.477 e. The summed E-state index contributed by atoms with van der Waals surface area (Å²) in [5, 5.41) is 3.07. The quantitative estimate of drug-likeness (QED) is 0.800. The Kier molecular flexibility index (Phi) is 3.59. The molecule has 0 atom stereocenters. The molecule has 0 aliphatic heterocycles. The minimum absolute atomic E-state index is 0.738. The van der Waals surface area contributed by atoms with Crippen LogP contribution in [-0.4, -0.2) is 23.6 Å². The average Bonchev–Trinajstić information content (AvgIpc) is 3.12. The molecule has 4 heteroatoms. The lowest BCUT2D eigenvalue weighted by Crippen LogP contribution is -2.06. The van der Waals surface area contributed by atoms with E-state index in [2.05, 4.69) is 22.2 Å². The fraction of sp³-hybridized carbons (Fsp3) is 0.667. The van der Waals surface area contributed by atoms with Crippen LogP contribution in [-0.2, 0) is 6.42 Å². The van der Waals surface area contributed by atoms with Gasteiger partial charge in [-0.3, -0.25) is 0 Å². The molecule has 0 amide bonds. The third-order valence-corrected chi connectivity index (χ3v) is 2.96. The standard InChI is InChI=1S/C12H19N3O/c1-3-10-11(13-2)14-8-15-12(10)16-7-6-9-4-5-9/h8-9H,3-7H2,1-2H3,(H,13,14,15). The number of hydrogen-bond donors (Lipinski definition) is 1. The molecule has 0 spiro atoms. The Morgan fingerprint density at radius 1 is 1.44 bits per heavy atom. The topological polar surface area (TPSA) is 47.0 Å². The van der Waals surface area contributed by atoms with Crippen LogP contribution in [0.2, 0.25) is 0 Å². The second kappa shape index (κ2) is 5.14. The van der Waals surface area contributed by atoms with Gasteiger partial charge < -0.3 is 10.1 Å². The molecule has 88 valence electrons. The molecule has 0 unspecified atom stereocenters. The van der Waals surface area contributed by atoms with Crippen molar-refractivity contribution in [3.05, 3.63) is 11.9 Å². The van der Waals surface area contributed by atoms with Crippen molar-refractivity contribution in [3.8, 4) is 5.88 Å². The van der Waals surface area contributed by atoms with E-state index in [9.17, 15) is 0 Å². The van der Waals surface area contributed by atoms with Gasteiger partial charge in [0.1, 0.15) is 12.1 Å². The maximum Gasteiger partial charge on any atom is 0.221 e. The van der Waals surface area contributed by atoms with Crippen molar-refractivity contribution in [2.75, 3.05) is 19.0 Å². The highest BCUT2D eigenvalue weighted by molar-refractivity contribution is 5.48. The summed E-state index contributed by atoms with van der Waals surface area (Å²) < 4.78 is 5.73. The lowest BCUT2D eigenvalue weighted by atomic mass is 10.2. The fourth-order valence-electron chi connectivity index (χ4n) is 1.78. The number of anilines is 1. The summed E-state index contributed by atoms with van der Waals surface area (Å²) in [7, 11) is 1.87. The summed E-state index contributed by atoms with van der Waals surface area (Å²) in [6.07, 6.45) is 6.33. The highest BCUT2D eigenvalue weighted by atomic mass is 16.5. The van der Waals surface area contributed by atoms with Crippen LogP contribution in [0.5, 0.6) is 5.88 Å². The van der Waals surface area contributed by atoms with Gasteiger partial charge in [0, 0.05) is 7.05 Å². The maximum atomic E-state index is 5.73. The molecule has 1 aliphatic rings. The minimum atomic E-state index is 0.738. The van der Waals surface area contributed by atoms with Crippen LogP contribution in [0.15, 0.2) is 6.33 Å². The van der Waals surface area contributed by atoms with Crippen molar-refractivity contribution in [2.24, 2.45) is 5.92 Å². The first kappa shape index (κ1) is 11.2.